The molecule has 0 aliphatic rings. The zero-order valence-corrected chi connectivity index (χ0v) is 15.2. The van der Waals surface area contributed by atoms with Crippen LogP contribution in [-0.2, 0) is 7.05 Å². The van der Waals surface area contributed by atoms with Crippen LogP contribution < -0.4 is 10.1 Å². The zero-order chi connectivity index (χ0) is 19.6. The van der Waals surface area contributed by atoms with Gasteiger partial charge in [0.15, 0.2) is 0 Å². The average Bonchev–Trinajstić information content (AvgIpc) is 2.96. The van der Waals surface area contributed by atoms with Crippen LogP contribution in [-0.4, -0.2) is 20.6 Å². The lowest BCUT2D eigenvalue weighted by Gasteiger charge is -2.09. The quantitative estimate of drug-likeness (QED) is 0.519. The summed E-state index contributed by atoms with van der Waals surface area (Å²) in [5.74, 6) is 0.253. The zero-order valence-electron chi connectivity index (χ0n) is 14.5. The number of benzene rings is 2. The number of nitrogens with one attached hydrogen (secondary N) is 1. The van der Waals surface area contributed by atoms with E-state index in [1.165, 1.54) is 24.4 Å². The van der Waals surface area contributed by atoms with Crippen LogP contribution in [0.1, 0.15) is 16.1 Å². The molecule has 3 aromatic rings. The minimum Gasteiger partial charge on any atom is -0.457 e. The number of aromatic nitrogens is 2. The van der Waals surface area contributed by atoms with E-state index >= 15 is 0 Å². The van der Waals surface area contributed by atoms with E-state index in [0.717, 1.165) is 0 Å². The lowest BCUT2D eigenvalue weighted by atomic mass is 10.2. The molecule has 8 nitrogen and oxygen atoms in total. The van der Waals surface area contributed by atoms with Gasteiger partial charge >= 0.3 is 0 Å². The Hall–Kier alpha value is -3.39. The van der Waals surface area contributed by atoms with Crippen molar-refractivity contribution in [2.45, 2.75) is 6.92 Å². The van der Waals surface area contributed by atoms with Crippen molar-refractivity contribution in [2.24, 2.45) is 7.05 Å². The molecule has 0 aliphatic carbocycles. The number of non-ortho nitro benzene ring substituents is 1. The first-order valence-electron chi connectivity index (χ1n) is 7.86. The number of hydrogen-bond acceptors (Lipinski definition) is 5. The monoisotopic (exact) mass is 386 g/mol. The maximum Gasteiger partial charge on any atom is 0.275 e. The van der Waals surface area contributed by atoms with Crippen LogP contribution >= 0.6 is 11.6 Å². The van der Waals surface area contributed by atoms with Crippen LogP contribution in [0.25, 0.3) is 0 Å². The van der Waals surface area contributed by atoms with Gasteiger partial charge in [0.25, 0.3) is 11.6 Å². The van der Waals surface area contributed by atoms with E-state index in [1.54, 1.807) is 42.9 Å². The van der Waals surface area contributed by atoms with E-state index in [1.807, 2.05) is 0 Å². The summed E-state index contributed by atoms with van der Waals surface area (Å²) < 4.78 is 7.22. The van der Waals surface area contributed by atoms with Gasteiger partial charge in [-0.3, -0.25) is 19.6 Å². The van der Waals surface area contributed by atoms with Crippen LogP contribution in [0.2, 0.25) is 5.02 Å². The summed E-state index contributed by atoms with van der Waals surface area (Å²) in [4.78, 5) is 23.1. The number of carbonyl (C=O) groups is 1. The van der Waals surface area contributed by atoms with Crippen LogP contribution in [0.15, 0.2) is 48.7 Å². The molecule has 1 aromatic heterocycles. The first kappa shape index (κ1) is 18.4. The van der Waals surface area contributed by atoms with Crippen LogP contribution in [0.5, 0.6) is 11.5 Å². The first-order chi connectivity index (χ1) is 12.8. The Balaban J connectivity index is 1.89. The first-order valence-corrected chi connectivity index (χ1v) is 8.24. The minimum absolute atomic E-state index is 0.209. The number of carbonyl (C=O) groups excluding carboxylic acids is 1. The van der Waals surface area contributed by atoms with Gasteiger partial charge in [0, 0.05) is 29.9 Å². The fraction of sp³-hybridized carbons (Fsp3) is 0.111. The molecule has 0 fully saturated rings. The van der Waals surface area contributed by atoms with Crippen LogP contribution in [0.4, 0.5) is 11.4 Å². The number of halogens is 1. The van der Waals surface area contributed by atoms with Crippen molar-refractivity contribution in [3.05, 3.63) is 75.1 Å². The number of nitro groups is 1. The molecule has 138 valence electrons. The van der Waals surface area contributed by atoms with E-state index in [9.17, 15) is 14.9 Å². The molecule has 9 heteroatoms. The number of amides is 1. The molecule has 0 bridgehead atoms. The highest BCUT2D eigenvalue weighted by atomic mass is 35.5. The summed E-state index contributed by atoms with van der Waals surface area (Å²) in [5, 5.41) is 18.4. The molecular weight excluding hydrogens is 372 g/mol. The molecule has 3 rings (SSSR count). The lowest BCUT2D eigenvalue weighted by molar-refractivity contribution is -0.384. The number of nitrogens with zero attached hydrogens (tertiary/aromatic N) is 3. The summed E-state index contributed by atoms with van der Waals surface area (Å²) in [7, 11) is 1.72. The van der Waals surface area contributed by atoms with Gasteiger partial charge in [-0.15, -0.1) is 0 Å². The maximum atomic E-state index is 12.4. The topological polar surface area (TPSA) is 99.3 Å². The second-order valence-corrected chi connectivity index (χ2v) is 6.19. The minimum atomic E-state index is -0.556. The Kier molecular flexibility index (Phi) is 5.09. The summed E-state index contributed by atoms with van der Waals surface area (Å²) in [6.07, 6.45) is 1.44. The summed E-state index contributed by atoms with van der Waals surface area (Å²) >= 11 is 5.84. The third kappa shape index (κ3) is 4.24. The van der Waals surface area contributed by atoms with Crippen molar-refractivity contribution in [3.8, 4) is 11.5 Å². The average molecular weight is 387 g/mol. The normalized spacial score (nSPS) is 10.5. The van der Waals surface area contributed by atoms with E-state index in [-0.39, 0.29) is 17.1 Å². The molecule has 0 saturated carbocycles. The highest BCUT2D eigenvalue weighted by Gasteiger charge is 2.16. The Morgan fingerprint density at radius 3 is 2.52 bits per heavy atom. The fourth-order valence-electron chi connectivity index (χ4n) is 2.38. The molecule has 0 atom stereocenters. The number of nitro benzene ring substituents is 1. The number of anilines is 1. The van der Waals surface area contributed by atoms with Gasteiger partial charge in [-0.05, 0) is 31.2 Å². The van der Waals surface area contributed by atoms with E-state index in [0.29, 0.717) is 22.0 Å². The van der Waals surface area contributed by atoms with Crippen LogP contribution in [0.3, 0.4) is 0 Å². The highest BCUT2D eigenvalue weighted by molar-refractivity contribution is 6.30. The van der Waals surface area contributed by atoms with Gasteiger partial charge in [0.2, 0.25) is 0 Å². The van der Waals surface area contributed by atoms with E-state index < -0.39 is 10.8 Å². The van der Waals surface area contributed by atoms with Crippen molar-refractivity contribution < 1.29 is 14.5 Å². The summed E-state index contributed by atoms with van der Waals surface area (Å²) in [6.45, 7) is 1.75. The van der Waals surface area contributed by atoms with Crippen molar-refractivity contribution in [3.63, 3.8) is 0 Å². The molecule has 0 spiro atoms. The Morgan fingerprint density at radius 2 is 1.93 bits per heavy atom. The van der Waals surface area contributed by atoms with Gasteiger partial charge in [-0.25, -0.2) is 0 Å². The van der Waals surface area contributed by atoms with Crippen molar-refractivity contribution in [2.75, 3.05) is 5.32 Å². The molecule has 27 heavy (non-hydrogen) atoms. The van der Waals surface area contributed by atoms with Crippen LogP contribution in [0, 0.1) is 17.0 Å². The molecule has 1 heterocycles. The van der Waals surface area contributed by atoms with Gasteiger partial charge in [-0.2, -0.15) is 5.10 Å². The Labute approximate surface area is 159 Å². The Bertz CT molecular complexity index is 1010. The number of ether oxygens (including phenoxy) is 1. The molecule has 1 N–H and O–H groups in total. The third-order valence-electron chi connectivity index (χ3n) is 3.89. The smallest absolute Gasteiger partial charge is 0.275 e. The van der Waals surface area contributed by atoms with Gasteiger partial charge < -0.3 is 10.1 Å². The Morgan fingerprint density at radius 1 is 1.22 bits per heavy atom. The molecular formula is C18H15ClN4O4. The molecule has 1 amide bonds. The molecule has 2 aromatic carbocycles. The molecule has 0 unspecified atom stereocenters. The number of hydrogen-bond donors (Lipinski definition) is 1. The second kappa shape index (κ2) is 7.46. The standard InChI is InChI=1S/C18H15ClN4O4/c1-11-17(10-20-22(11)2)18(24)21-13-7-14(23(25)26)9-16(8-13)27-15-5-3-12(19)4-6-15/h3-10H,1-2H3,(H,21,24). The molecule has 0 aliphatic heterocycles. The number of rotatable bonds is 5. The summed E-state index contributed by atoms with van der Waals surface area (Å²) in [6, 6.07) is 10.6. The molecule has 0 saturated heterocycles. The number of aryl methyl sites for hydroxylation is 1. The van der Waals surface area contributed by atoms with E-state index in [2.05, 4.69) is 10.4 Å². The summed E-state index contributed by atoms with van der Waals surface area (Å²) in [5.41, 5.74) is 1.08. The van der Waals surface area contributed by atoms with Crippen molar-refractivity contribution in [1.82, 2.24) is 9.78 Å². The van der Waals surface area contributed by atoms with Gasteiger partial charge in [0.05, 0.1) is 28.4 Å². The fourth-order valence-corrected chi connectivity index (χ4v) is 2.50. The van der Waals surface area contributed by atoms with E-state index in [4.69, 9.17) is 16.3 Å². The lowest BCUT2D eigenvalue weighted by Crippen LogP contribution is -2.13. The maximum absolute atomic E-state index is 12.4. The third-order valence-corrected chi connectivity index (χ3v) is 4.14. The predicted octanol–water partition coefficient (Wildman–Crippen LogP) is 4.33. The van der Waals surface area contributed by atoms with Gasteiger partial charge in [-0.1, -0.05) is 11.6 Å². The predicted molar refractivity (Wildman–Crippen MR) is 101 cm³/mol. The molecule has 0 radical (unpaired) electrons. The van der Waals surface area contributed by atoms with Crippen molar-refractivity contribution >= 4 is 28.9 Å². The van der Waals surface area contributed by atoms with Gasteiger partial charge in [0.1, 0.15) is 11.5 Å². The second-order valence-electron chi connectivity index (χ2n) is 5.75. The van der Waals surface area contributed by atoms with Crippen molar-refractivity contribution in [1.29, 1.82) is 0 Å². The SMILES string of the molecule is Cc1c(C(=O)Nc2cc(Oc3ccc(Cl)cc3)cc([N+](=O)[O-])c2)cnn1C. The largest absolute Gasteiger partial charge is 0.457 e. The highest BCUT2D eigenvalue weighted by Crippen LogP contribution is 2.30.